The van der Waals surface area contributed by atoms with E-state index in [1.54, 1.807) is 6.20 Å². The van der Waals surface area contributed by atoms with Crippen LogP contribution in [0.4, 0.5) is 5.82 Å². The molecule has 1 aliphatic heterocycles. The largest absolute Gasteiger partial charge is 0.370 e. The Morgan fingerprint density at radius 3 is 3.05 bits per heavy atom. The van der Waals surface area contributed by atoms with Gasteiger partial charge in [-0.1, -0.05) is 6.07 Å². The predicted octanol–water partition coefficient (Wildman–Crippen LogP) is 1.29. The Hall–Kier alpha value is -1.62. The molecule has 1 aromatic heterocycles. The van der Waals surface area contributed by atoms with Crippen molar-refractivity contribution in [3.8, 4) is 0 Å². The van der Waals surface area contributed by atoms with Crippen molar-refractivity contribution in [1.82, 2.24) is 9.88 Å². The van der Waals surface area contributed by atoms with Gasteiger partial charge < -0.3 is 16.0 Å². The van der Waals surface area contributed by atoms with E-state index >= 15 is 0 Å². The van der Waals surface area contributed by atoms with Gasteiger partial charge in [-0.3, -0.25) is 4.99 Å². The number of nitrogens with two attached hydrogens (primary N) is 1. The number of likely N-dealkylation sites (tertiary alicyclic amines) is 1. The van der Waals surface area contributed by atoms with Crippen LogP contribution in [0.5, 0.6) is 0 Å². The fraction of sp³-hybridized carbons (Fsp3) is 0.571. The van der Waals surface area contributed by atoms with Gasteiger partial charge in [-0.25, -0.2) is 4.98 Å². The van der Waals surface area contributed by atoms with E-state index in [4.69, 9.17) is 5.73 Å². The Morgan fingerprint density at radius 2 is 2.32 bits per heavy atom. The lowest BCUT2D eigenvalue weighted by Crippen LogP contribution is -2.26. The number of rotatable bonds is 4. The highest BCUT2D eigenvalue weighted by atomic mass is 15.2. The summed E-state index contributed by atoms with van der Waals surface area (Å²) in [6.07, 6.45) is 5.76. The highest BCUT2D eigenvalue weighted by molar-refractivity contribution is 5.91. The Balaban J connectivity index is 1.46. The summed E-state index contributed by atoms with van der Waals surface area (Å²) in [6.45, 7) is 3.23. The second kappa shape index (κ2) is 5.57. The monoisotopic (exact) mass is 259 g/mol. The van der Waals surface area contributed by atoms with Crippen LogP contribution in [0, 0.1) is 5.92 Å². The molecule has 3 N–H and O–H groups in total. The number of anilines is 1. The van der Waals surface area contributed by atoms with Crippen molar-refractivity contribution < 1.29 is 0 Å². The summed E-state index contributed by atoms with van der Waals surface area (Å²) in [6, 6.07) is 6.56. The topological polar surface area (TPSA) is 66.5 Å². The molecule has 5 heteroatoms. The smallest absolute Gasteiger partial charge is 0.194 e. The van der Waals surface area contributed by atoms with Gasteiger partial charge >= 0.3 is 0 Å². The maximum absolute atomic E-state index is 5.88. The van der Waals surface area contributed by atoms with E-state index < -0.39 is 0 Å². The van der Waals surface area contributed by atoms with Crippen molar-refractivity contribution in [1.29, 1.82) is 0 Å². The third kappa shape index (κ3) is 3.44. The van der Waals surface area contributed by atoms with Crippen molar-refractivity contribution in [3.05, 3.63) is 24.4 Å². The lowest BCUT2D eigenvalue weighted by molar-refractivity contribution is 0.315. The average molecular weight is 259 g/mol. The molecule has 0 bridgehead atoms. The molecule has 1 aromatic rings. The van der Waals surface area contributed by atoms with Gasteiger partial charge in [0.25, 0.3) is 0 Å². The molecular weight excluding hydrogens is 238 g/mol. The van der Waals surface area contributed by atoms with Crippen LogP contribution in [0.1, 0.15) is 19.3 Å². The highest BCUT2D eigenvalue weighted by Crippen LogP contribution is 2.31. The van der Waals surface area contributed by atoms with Crippen molar-refractivity contribution >= 4 is 11.8 Å². The number of nitrogens with zero attached hydrogens (tertiary/aromatic N) is 3. The van der Waals surface area contributed by atoms with Crippen LogP contribution in [0.3, 0.4) is 0 Å². The average Bonchev–Trinajstić information content (AvgIpc) is 3.17. The summed E-state index contributed by atoms with van der Waals surface area (Å²) >= 11 is 0. The Bertz CT molecular complexity index is 440. The molecule has 0 radical (unpaired) electrons. The molecule has 0 aromatic carbocycles. The van der Waals surface area contributed by atoms with Gasteiger partial charge in [0.05, 0.1) is 0 Å². The number of hydrogen-bond acceptors (Lipinski definition) is 3. The van der Waals surface area contributed by atoms with Gasteiger partial charge in [0.2, 0.25) is 0 Å². The molecule has 2 heterocycles. The number of pyridine rings is 1. The van der Waals surface area contributed by atoms with E-state index in [2.05, 4.69) is 20.2 Å². The van der Waals surface area contributed by atoms with Gasteiger partial charge in [0, 0.05) is 25.3 Å². The highest BCUT2D eigenvalue weighted by Gasteiger charge is 2.34. The minimum absolute atomic E-state index is 0.462. The number of hydrogen-bond donors (Lipinski definition) is 2. The summed E-state index contributed by atoms with van der Waals surface area (Å²) in [5.74, 6) is 1.86. The molecule has 1 saturated heterocycles. The first kappa shape index (κ1) is 12.4. The van der Waals surface area contributed by atoms with E-state index in [0.29, 0.717) is 11.9 Å². The Kier molecular flexibility index (Phi) is 3.64. The van der Waals surface area contributed by atoms with Crippen molar-refractivity contribution in [2.75, 3.05) is 25.0 Å². The molecule has 102 valence electrons. The standard InChI is InChI=1S/C14H21N5/c15-14(18-13-3-1-2-7-16-13)17-9-11-6-8-19(10-11)12-4-5-12/h1-3,7,11-12H,4-6,8-10H2,(H3,15,16,17,18). The number of aliphatic imine (C=N–C) groups is 1. The lowest BCUT2D eigenvalue weighted by atomic mass is 10.1. The summed E-state index contributed by atoms with van der Waals surface area (Å²) in [4.78, 5) is 11.2. The lowest BCUT2D eigenvalue weighted by Gasteiger charge is -2.13. The molecule has 5 nitrogen and oxygen atoms in total. The van der Waals surface area contributed by atoms with E-state index in [1.807, 2.05) is 18.2 Å². The third-order valence-electron chi connectivity index (χ3n) is 3.82. The minimum atomic E-state index is 0.462. The van der Waals surface area contributed by atoms with Crippen molar-refractivity contribution in [2.45, 2.75) is 25.3 Å². The Labute approximate surface area is 113 Å². The Morgan fingerprint density at radius 1 is 1.42 bits per heavy atom. The molecule has 2 fully saturated rings. The molecule has 1 aliphatic carbocycles. The van der Waals surface area contributed by atoms with Gasteiger partial charge in [-0.05, 0) is 43.9 Å². The fourth-order valence-electron chi connectivity index (χ4n) is 2.62. The number of guanidine groups is 1. The first-order valence-electron chi connectivity index (χ1n) is 7.03. The molecule has 3 rings (SSSR count). The third-order valence-corrected chi connectivity index (χ3v) is 3.82. The molecule has 19 heavy (non-hydrogen) atoms. The molecule has 1 atom stereocenters. The molecule has 1 unspecified atom stereocenters. The summed E-state index contributed by atoms with van der Waals surface area (Å²) in [5, 5.41) is 3.02. The molecule has 0 spiro atoms. The van der Waals surface area contributed by atoms with Crippen LogP contribution in [0.2, 0.25) is 0 Å². The van der Waals surface area contributed by atoms with Crippen molar-refractivity contribution in [2.24, 2.45) is 16.6 Å². The van der Waals surface area contributed by atoms with Crippen LogP contribution in [-0.4, -0.2) is 41.5 Å². The van der Waals surface area contributed by atoms with E-state index in [-0.39, 0.29) is 0 Å². The van der Waals surface area contributed by atoms with E-state index in [9.17, 15) is 0 Å². The summed E-state index contributed by atoms with van der Waals surface area (Å²) < 4.78 is 0. The minimum Gasteiger partial charge on any atom is -0.370 e. The van der Waals surface area contributed by atoms with Crippen LogP contribution in [0.25, 0.3) is 0 Å². The molecule has 2 aliphatic rings. The maximum Gasteiger partial charge on any atom is 0.194 e. The van der Waals surface area contributed by atoms with Gasteiger partial charge in [-0.2, -0.15) is 0 Å². The quantitative estimate of drug-likeness (QED) is 0.631. The first-order valence-corrected chi connectivity index (χ1v) is 7.03. The maximum atomic E-state index is 5.88. The van der Waals surface area contributed by atoms with Crippen LogP contribution < -0.4 is 11.1 Å². The van der Waals surface area contributed by atoms with Crippen LogP contribution in [-0.2, 0) is 0 Å². The number of aromatic nitrogens is 1. The van der Waals surface area contributed by atoms with Crippen molar-refractivity contribution in [3.63, 3.8) is 0 Å². The van der Waals surface area contributed by atoms with Gasteiger partial charge in [0.15, 0.2) is 5.96 Å². The SMILES string of the molecule is NC(=NCC1CCN(C2CC2)C1)Nc1ccccn1. The summed E-state index contributed by atoms with van der Waals surface area (Å²) in [5.41, 5.74) is 5.88. The van der Waals surface area contributed by atoms with E-state index in [1.165, 1.54) is 32.4 Å². The van der Waals surface area contributed by atoms with Gasteiger partial charge in [0.1, 0.15) is 5.82 Å². The summed E-state index contributed by atoms with van der Waals surface area (Å²) in [7, 11) is 0. The van der Waals surface area contributed by atoms with Crippen LogP contribution >= 0.6 is 0 Å². The normalized spacial score (nSPS) is 24.6. The molecule has 0 amide bonds. The zero-order chi connectivity index (χ0) is 13.1. The zero-order valence-corrected chi connectivity index (χ0v) is 11.1. The molecule has 1 saturated carbocycles. The van der Waals surface area contributed by atoms with Gasteiger partial charge in [-0.15, -0.1) is 0 Å². The van der Waals surface area contributed by atoms with Crippen LogP contribution in [0.15, 0.2) is 29.4 Å². The first-order chi connectivity index (χ1) is 9.31. The molecular formula is C14H21N5. The van der Waals surface area contributed by atoms with E-state index in [0.717, 1.165) is 18.4 Å². The predicted molar refractivity (Wildman–Crippen MR) is 77.1 cm³/mol. The fourth-order valence-corrected chi connectivity index (χ4v) is 2.62. The second-order valence-electron chi connectivity index (χ2n) is 5.45. The number of nitrogens with one attached hydrogen (secondary N) is 1. The zero-order valence-electron chi connectivity index (χ0n) is 11.1. The second-order valence-corrected chi connectivity index (χ2v) is 5.45.